The molecule has 0 spiro atoms. The van der Waals surface area contributed by atoms with Crippen LogP contribution in [0.25, 0.3) is 10.8 Å². The van der Waals surface area contributed by atoms with Crippen molar-refractivity contribution >= 4 is 44.2 Å². The highest BCUT2D eigenvalue weighted by atomic mass is 35.5. The van der Waals surface area contributed by atoms with E-state index in [1.165, 1.54) is 11.0 Å². The molecule has 3 atom stereocenters. The van der Waals surface area contributed by atoms with Gasteiger partial charge in [-0.25, -0.2) is 8.42 Å². The third-order valence-electron chi connectivity index (χ3n) is 6.25. The van der Waals surface area contributed by atoms with Gasteiger partial charge in [-0.3, -0.25) is 9.59 Å². The molecule has 2 aliphatic heterocycles. The monoisotopic (exact) mass is 509 g/mol. The van der Waals surface area contributed by atoms with Gasteiger partial charge in [0.05, 0.1) is 24.2 Å². The summed E-state index contributed by atoms with van der Waals surface area (Å²) in [4.78, 5) is 29.2. The summed E-state index contributed by atoms with van der Waals surface area (Å²) in [6, 6.07) is 8.28. The Morgan fingerprint density at radius 3 is 2.74 bits per heavy atom. The Bertz CT molecular complexity index is 1190. The van der Waals surface area contributed by atoms with Crippen molar-refractivity contribution in [3.63, 3.8) is 0 Å². The third-order valence-corrected chi connectivity index (χ3v) is 7.95. The van der Waals surface area contributed by atoms with Crippen molar-refractivity contribution in [2.75, 3.05) is 40.0 Å². The van der Waals surface area contributed by atoms with Crippen molar-refractivity contribution in [3.8, 4) is 0 Å². The van der Waals surface area contributed by atoms with Crippen LogP contribution < -0.4 is 4.72 Å². The number of nitrogens with one attached hydrogen (secondary N) is 1. The number of likely N-dealkylation sites (tertiary alicyclic amines) is 1. The quantitative estimate of drug-likeness (QED) is 0.608. The average Bonchev–Trinajstić information content (AvgIpc) is 3.17. The van der Waals surface area contributed by atoms with Gasteiger partial charge in [-0.2, -0.15) is 4.72 Å². The summed E-state index contributed by atoms with van der Waals surface area (Å²) >= 11 is 6.00. The summed E-state index contributed by atoms with van der Waals surface area (Å²) in [5.41, 5.74) is 0. The number of amides is 2. The van der Waals surface area contributed by atoms with E-state index < -0.39 is 28.0 Å². The number of carbonyl (C=O) groups excluding carboxylic acids is 2. The Morgan fingerprint density at radius 1 is 1.24 bits per heavy atom. The molecule has 2 aliphatic rings. The fourth-order valence-electron chi connectivity index (χ4n) is 4.42. The van der Waals surface area contributed by atoms with E-state index in [1.54, 1.807) is 49.3 Å². The second kappa shape index (κ2) is 10.2. The maximum atomic E-state index is 13.0. The van der Waals surface area contributed by atoms with Crippen molar-refractivity contribution in [2.24, 2.45) is 0 Å². The Balaban J connectivity index is 1.42. The molecular formula is C23H28ClN3O6S. The number of sulfonamides is 1. The highest BCUT2D eigenvalue weighted by molar-refractivity contribution is 7.89. The SMILES string of the molecule is COCC1CN(C(=O)[C@H](C)N2CCC(NS(=O)(=O)c3ccc4cc(Cl)ccc4c3)C2=O)CCO1. The van der Waals surface area contributed by atoms with Crippen LogP contribution in [0.5, 0.6) is 0 Å². The van der Waals surface area contributed by atoms with Crippen LogP contribution in [0.4, 0.5) is 0 Å². The molecule has 0 saturated carbocycles. The molecule has 4 rings (SSSR count). The first kappa shape index (κ1) is 24.9. The summed E-state index contributed by atoms with van der Waals surface area (Å²) in [5, 5.41) is 2.11. The molecule has 2 aromatic rings. The summed E-state index contributed by atoms with van der Waals surface area (Å²) in [5.74, 6) is -0.590. The normalized spacial score (nSPS) is 22.4. The van der Waals surface area contributed by atoms with Gasteiger partial charge in [-0.1, -0.05) is 23.7 Å². The number of rotatable bonds is 7. The third kappa shape index (κ3) is 5.21. The van der Waals surface area contributed by atoms with Gasteiger partial charge in [0.1, 0.15) is 12.1 Å². The number of fused-ring (bicyclic) bond motifs is 1. The van der Waals surface area contributed by atoms with E-state index >= 15 is 0 Å². The van der Waals surface area contributed by atoms with Crippen molar-refractivity contribution in [2.45, 2.75) is 36.4 Å². The van der Waals surface area contributed by atoms with Gasteiger partial charge >= 0.3 is 0 Å². The Morgan fingerprint density at radius 2 is 1.97 bits per heavy atom. The fourth-order valence-corrected chi connectivity index (χ4v) is 5.86. The lowest BCUT2D eigenvalue weighted by Crippen LogP contribution is -2.54. The zero-order valence-electron chi connectivity index (χ0n) is 19.1. The topological polar surface area (TPSA) is 105 Å². The molecule has 2 unspecified atom stereocenters. The zero-order chi connectivity index (χ0) is 24.5. The molecule has 0 radical (unpaired) electrons. The summed E-state index contributed by atoms with van der Waals surface area (Å²) in [6.45, 7) is 3.58. The van der Waals surface area contributed by atoms with Crippen molar-refractivity contribution in [3.05, 3.63) is 41.4 Å². The van der Waals surface area contributed by atoms with Crippen molar-refractivity contribution in [1.29, 1.82) is 0 Å². The minimum absolute atomic E-state index is 0.0650. The van der Waals surface area contributed by atoms with Crippen LogP contribution >= 0.6 is 11.6 Å². The van der Waals surface area contributed by atoms with Gasteiger partial charge in [0.2, 0.25) is 21.8 Å². The smallest absolute Gasteiger partial charge is 0.245 e. The van der Waals surface area contributed by atoms with E-state index in [-0.39, 0.29) is 23.3 Å². The largest absolute Gasteiger partial charge is 0.382 e. The van der Waals surface area contributed by atoms with Crippen LogP contribution in [0.1, 0.15) is 13.3 Å². The number of hydrogen-bond donors (Lipinski definition) is 1. The van der Waals surface area contributed by atoms with Gasteiger partial charge < -0.3 is 19.3 Å². The first-order chi connectivity index (χ1) is 16.2. The minimum Gasteiger partial charge on any atom is -0.382 e. The van der Waals surface area contributed by atoms with Gasteiger partial charge in [-0.15, -0.1) is 0 Å². The highest BCUT2D eigenvalue weighted by Crippen LogP contribution is 2.24. The number of carbonyl (C=O) groups is 2. The number of methoxy groups -OCH3 is 1. The second-order valence-electron chi connectivity index (χ2n) is 8.56. The number of benzene rings is 2. The van der Waals surface area contributed by atoms with Crippen molar-refractivity contribution in [1.82, 2.24) is 14.5 Å². The fraction of sp³-hybridized carbons (Fsp3) is 0.478. The van der Waals surface area contributed by atoms with Gasteiger partial charge in [0.15, 0.2) is 0 Å². The number of morpholine rings is 1. The number of nitrogens with zero attached hydrogens (tertiary/aromatic N) is 2. The van der Waals surface area contributed by atoms with E-state index in [0.29, 0.717) is 37.9 Å². The predicted octanol–water partition coefficient (Wildman–Crippen LogP) is 1.63. The molecule has 2 saturated heterocycles. The van der Waals surface area contributed by atoms with Crippen molar-refractivity contribution < 1.29 is 27.5 Å². The lowest BCUT2D eigenvalue weighted by molar-refractivity contribution is -0.149. The summed E-state index contributed by atoms with van der Waals surface area (Å²) in [6.07, 6.45) is 0.0793. The molecule has 0 bridgehead atoms. The molecule has 11 heteroatoms. The van der Waals surface area contributed by atoms with Crippen LogP contribution in [0.15, 0.2) is 41.3 Å². The molecule has 0 aliphatic carbocycles. The molecule has 2 aromatic carbocycles. The van der Waals surface area contributed by atoms with E-state index in [0.717, 1.165) is 10.8 Å². The molecule has 34 heavy (non-hydrogen) atoms. The van der Waals surface area contributed by atoms with E-state index in [9.17, 15) is 18.0 Å². The number of hydrogen-bond acceptors (Lipinski definition) is 6. The summed E-state index contributed by atoms with van der Waals surface area (Å²) < 4.78 is 39.2. The molecular weight excluding hydrogens is 482 g/mol. The van der Waals surface area contributed by atoms with Crippen LogP contribution in [0.2, 0.25) is 5.02 Å². The Hall–Kier alpha value is -2.24. The standard InChI is InChI=1S/C23H28ClN3O6S/c1-15(22(28)26-9-10-33-19(13-26)14-32-2)27-8-7-21(23(27)29)25-34(30,31)20-6-4-16-11-18(24)5-3-17(16)12-20/h3-6,11-12,15,19,21,25H,7-10,13-14H2,1-2H3/t15-,19?,21?/m0/s1. The van der Waals surface area contributed by atoms with Gasteiger partial charge in [0.25, 0.3) is 0 Å². The zero-order valence-corrected chi connectivity index (χ0v) is 20.6. The van der Waals surface area contributed by atoms with E-state index in [1.807, 2.05) is 0 Å². The highest BCUT2D eigenvalue weighted by Gasteiger charge is 2.40. The van der Waals surface area contributed by atoms with E-state index in [4.69, 9.17) is 21.1 Å². The first-order valence-electron chi connectivity index (χ1n) is 11.1. The first-order valence-corrected chi connectivity index (χ1v) is 13.0. The molecule has 2 amide bonds. The minimum atomic E-state index is -3.94. The molecule has 2 heterocycles. The van der Waals surface area contributed by atoms with Crippen LogP contribution in [-0.2, 0) is 29.1 Å². The van der Waals surface area contributed by atoms with Crippen LogP contribution in [0, 0.1) is 0 Å². The predicted molar refractivity (Wildman–Crippen MR) is 127 cm³/mol. The molecule has 1 N–H and O–H groups in total. The average molecular weight is 510 g/mol. The van der Waals surface area contributed by atoms with Gasteiger partial charge in [-0.05, 0) is 48.4 Å². The lowest BCUT2D eigenvalue weighted by atomic mass is 10.1. The summed E-state index contributed by atoms with van der Waals surface area (Å²) in [7, 11) is -2.36. The number of halogens is 1. The Labute approximate surface area is 204 Å². The lowest BCUT2D eigenvalue weighted by Gasteiger charge is -2.36. The number of ether oxygens (including phenoxy) is 2. The second-order valence-corrected chi connectivity index (χ2v) is 10.7. The van der Waals surface area contributed by atoms with Gasteiger partial charge in [0, 0.05) is 31.8 Å². The Kier molecular flexibility index (Phi) is 7.44. The van der Waals surface area contributed by atoms with Crippen LogP contribution in [-0.4, -0.2) is 88.2 Å². The molecule has 9 nitrogen and oxygen atoms in total. The van der Waals surface area contributed by atoms with E-state index in [2.05, 4.69) is 4.72 Å². The van der Waals surface area contributed by atoms with Crippen LogP contribution in [0.3, 0.4) is 0 Å². The maximum absolute atomic E-state index is 13.0. The molecule has 2 fully saturated rings. The maximum Gasteiger partial charge on any atom is 0.245 e. The molecule has 184 valence electrons. The molecule has 0 aromatic heterocycles.